The van der Waals surface area contributed by atoms with Gasteiger partial charge in [0.15, 0.2) is 5.78 Å². The van der Waals surface area contributed by atoms with E-state index >= 15 is 0 Å². The summed E-state index contributed by atoms with van der Waals surface area (Å²) in [6, 6.07) is 8.64. The number of Topliss-reactive ketones (excluding diaryl/α,β-unsaturated/α-hetero) is 1. The van der Waals surface area contributed by atoms with E-state index in [4.69, 9.17) is 12.6 Å². The highest BCUT2D eigenvalue weighted by molar-refractivity contribution is 6.32. The quantitative estimate of drug-likeness (QED) is 0.506. The van der Waals surface area contributed by atoms with E-state index in [1.165, 1.54) is 12.3 Å². The molecule has 2 aromatic rings. The molecule has 5 heteroatoms. The highest BCUT2D eigenvalue weighted by Crippen LogP contribution is 2.10. The molecule has 0 saturated heterocycles. The number of carbonyl (C=O) groups excluding carboxylic acids is 2. The molecule has 0 saturated carbocycles. The van der Waals surface area contributed by atoms with Gasteiger partial charge in [-0.1, -0.05) is 29.7 Å². The van der Waals surface area contributed by atoms with Crippen molar-refractivity contribution in [3.63, 3.8) is 0 Å². The average molecular weight is 267 g/mol. The van der Waals surface area contributed by atoms with Crippen LogP contribution in [-0.4, -0.2) is 31.2 Å². The van der Waals surface area contributed by atoms with Crippen LogP contribution in [0.5, 0.6) is 0 Å². The first-order valence-electron chi connectivity index (χ1n) is 6.33. The number of ketones is 1. The lowest BCUT2D eigenvalue weighted by atomic mass is 9.94. The maximum absolute atomic E-state index is 12.1. The summed E-state index contributed by atoms with van der Waals surface area (Å²) in [5, 5.41) is 0. The number of H-pyrrole nitrogens is 1. The summed E-state index contributed by atoms with van der Waals surface area (Å²) in [5.41, 5.74) is 2.29. The van der Waals surface area contributed by atoms with Gasteiger partial charge in [0.25, 0.3) is 0 Å². The number of carbonyl (C=O) groups is 2. The first-order chi connectivity index (χ1) is 9.60. The van der Waals surface area contributed by atoms with Crippen molar-refractivity contribution < 1.29 is 14.3 Å². The largest absolute Gasteiger partial charge is 0.461 e. The minimum Gasteiger partial charge on any atom is -0.461 e. The molecule has 0 spiro atoms. The highest BCUT2D eigenvalue weighted by Gasteiger charge is 2.14. The smallest absolute Gasteiger partial charge is 0.354 e. The van der Waals surface area contributed by atoms with Crippen molar-refractivity contribution in [2.75, 3.05) is 6.61 Å². The van der Waals surface area contributed by atoms with Crippen LogP contribution in [0.1, 0.15) is 33.3 Å². The van der Waals surface area contributed by atoms with Crippen LogP contribution in [0.15, 0.2) is 36.5 Å². The molecule has 4 nitrogen and oxygen atoms in total. The van der Waals surface area contributed by atoms with Gasteiger partial charge in [0, 0.05) is 18.2 Å². The lowest BCUT2D eigenvalue weighted by molar-refractivity contribution is 0.0520. The van der Waals surface area contributed by atoms with Crippen molar-refractivity contribution in [1.29, 1.82) is 0 Å². The summed E-state index contributed by atoms with van der Waals surface area (Å²) < 4.78 is 4.86. The minimum atomic E-state index is -0.459. The van der Waals surface area contributed by atoms with Gasteiger partial charge in [-0.05, 0) is 18.6 Å². The molecule has 20 heavy (non-hydrogen) atoms. The molecule has 100 valence electrons. The van der Waals surface area contributed by atoms with Gasteiger partial charge in [-0.2, -0.15) is 0 Å². The number of aromatic nitrogens is 1. The first kappa shape index (κ1) is 14.1. The topological polar surface area (TPSA) is 59.2 Å². The number of ether oxygens (including phenoxy) is 1. The van der Waals surface area contributed by atoms with Gasteiger partial charge >= 0.3 is 5.97 Å². The third-order valence-corrected chi connectivity index (χ3v) is 2.84. The Labute approximate surface area is 118 Å². The van der Waals surface area contributed by atoms with E-state index in [1.54, 1.807) is 19.1 Å². The Balaban J connectivity index is 2.06. The Kier molecular flexibility index (Phi) is 4.40. The minimum absolute atomic E-state index is 0.0680. The molecule has 2 radical (unpaired) electrons. The summed E-state index contributed by atoms with van der Waals surface area (Å²) >= 11 is 0. The molecular weight excluding hydrogens is 253 g/mol. The van der Waals surface area contributed by atoms with Crippen LogP contribution >= 0.6 is 0 Å². The van der Waals surface area contributed by atoms with Gasteiger partial charge in [-0.15, -0.1) is 0 Å². The zero-order valence-electron chi connectivity index (χ0n) is 11.2. The average Bonchev–Trinajstić information content (AvgIpc) is 2.91. The van der Waals surface area contributed by atoms with Crippen LogP contribution < -0.4 is 5.46 Å². The molecule has 0 aliphatic heterocycles. The fourth-order valence-electron chi connectivity index (χ4n) is 1.80. The Morgan fingerprint density at radius 2 is 1.95 bits per heavy atom. The Bertz CT molecular complexity index is 616. The van der Waals surface area contributed by atoms with E-state index in [0.717, 1.165) is 5.56 Å². The van der Waals surface area contributed by atoms with Gasteiger partial charge in [-0.3, -0.25) is 4.79 Å². The third-order valence-electron chi connectivity index (χ3n) is 2.84. The summed E-state index contributed by atoms with van der Waals surface area (Å²) in [6.07, 6.45) is 1.78. The fraction of sp³-hybridized carbons (Fsp3) is 0.200. The summed E-state index contributed by atoms with van der Waals surface area (Å²) in [4.78, 5) is 26.3. The Morgan fingerprint density at radius 1 is 1.25 bits per heavy atom. The number of hydrogen-bond donors (Lipinski definition) is 1. The van der Waals surface area contributed by atoms with Gasteiger partial charge in [0.2, 0.25) is 0 Å². The molecular formula is C15H14BNO3. The number of nitrogens with one attached hydrogen (secondary N) is 1. The van der Waals surface area contributed by atoms with E-state index in [2.05, 4.69) is 4.98 Å². The lowest BCUT2D eigenvalue weighted by Crippen LogP contribution is -2.06. The molecule has 0 atom stereocenters. The second-order valence-corrected chi connectivity index (χ2v) is 4.36. The van der Waals surface area contributed by atoms with Crippen molar-refractivity contribution >= 4 is 25.1 Å². The Morgan fingerprint density at radius 3 is 2.60 bits per heavy atom. The van der Waals surface area contributed by atoms with Crippen molar-refractivity contribution in [3.8, 4) is 0 Å². The van der Waals surface area contributed by atoms with Gasteiger partial charge in [0.1, 0.15) is 13.5 Å². The van der Waals surface area contributed by atoms with Crippen LogP contribution in [0.2, 0.25) is 0 Å². The van der Waals surface area contributed by atoms with Crippen LogP contribution in [0.25, 0.3) is 0 Å². The predicted molar refractivity (Wildman–Crippen MR) is 76.6 cm³/mol. The molecule has 2 rings (SSSR count). The summed E-state index contributed by atoms with van der Waals surface area (Å²) in [5.74, 6) is -0.527. The molecule has 0 bridgehead atoms. The number of aromatic amines is 1. The van der Waals surface area contributed by atoms with Crippen LogP contribution in [-0.2, 0) is 11.2 Å². The number of rotatable bonds is 5. The first-order valence-corrected chi connectivity index (χ1v) is 6.33. The number of esters is 1. The molecule has 0 fully saturated rings. The normalized spacial score (nSPS) is 10.2. The lowest BCUT2D eigenvalue weighted by Gasteiger charge is -2.00. The second-order valence-electron chi connectivity index (χ2n) is 4.36. The number of hydrogen-bond acceptors (Lipinski definition) is 3. The molecule has 1 aromatic heterocycles. The molecule has 0 unspecified atom stereocenters. The monoisotopic (exact) mass is 267 g/mol. The van der Waals surface area contributed by atoms with Crippen LogP contribution in [0.3, 0.4) is 0 Å². The Hall–Kier alpha value is -2.30. The SMILES string of the molecule is [B]c1ccc(CC(=O)c2c[nH]c(C(=O)OCC)c2)cc1. The van der Waals surface area contributed by atoms with Crippen LogP contribution in [0, 0.1) is 0 Å². The van der Waals surface area contributed by atoms with E-state index < -0.39 is 5.97 Å². The second kappa shape index (κ2) is 6.24. The van der Waals surface area contributed by atoms with E-state index in [0.29, 0.717) is 17.6 Å². The molecule has 1 N–H and O–H groups in total. The van der Waals surface area contributed by atoms with Crippen molar-refractivity contribution in [3.05, 3.63) is 53.3 Å². The van der Waals surface area contributed by atoms with Crippen molar-refractivity contribution in [1.82, 2.24) is 4.98 Å². The van der Waals surface area contributed by atoms with E-state index in [-0.39, 0.29) is 17.9 Å². The molecule has 0 aliphatic rings. The van der Waals surface area contributed by atoms with E-state index in [9.17, 15) is 9.59 Å². The summed E-state index contributed by atoms with van der Waals surface area (Å²) in [6.45, 7) is 2.03. The van der Waals surface area contributed by atoms with Crippen LogP contribution in [0.4, 0.5) is 0 Å². The van der Waals surface area contributed by atoms with Gasteiger partial charge in [-0.25, -0.2) is 4.79 Å². The van der Waals surface area contributed by atoms with Crippen molar-refractivity contribution in [2.24, 2.45) is 0 Å². The summed E-state index contributed by atoms with van der Waals surface area (Å²) in [7, 11) is 5.59. The highest BCUT2D eigenvalue weighted by atomic mass is 16.5. The molecule has 0 amide bonds. The van der Waals surface area contributed by atoms with Gasteiger partial charge < -0.3 is 9.72 Å². The molecule has 1 heterocycles. The number of benzene rings is 1. The predicted octanol–water partition coefficient (Wildman–Crippen LogP) is 1.41. The molecule has 0 aliphatic carbocycles. The zero-order chi connectivity index (χ0) is 14.5. The zero-order valence-corrected chi connectivity index (χ0v) is 11.2. The maximum atomic E-state index is 12.1. The fourth-order valence-corrected chi connectivity index (χ4v) is 1.80. The standard InChI is InChI=1S/C15H14BNO3/c1-2-20-15(19)13-8-11(9-17-13)14(18)7-10-3-5-12(16)6-4-10/h3-6,8-9,17H,2,7H2,1H3. The van der Waals surface area contributed by atoms with Gasteiger partial charge in [0.05, 0.1) is 6.61 Å². The molecule has 1 aromatic carbocycles. The maximum Gasteiger partial charge on any atom is 0.354 e. The van der Waals surface area contributed by atoms with Crippen molar-refractivity contribution in [2.45, 2.75) is 13.3 Å². The van der Waals surface area contributed by atoms with E-state index in [1.807, 2.05) is 12.1 Å². The third kappa shape index (κ3) is 3.38.